The largest absolute Gasteiger partial charge is 0.463 e. The van der Waals surface area contributed by atoms with E-state index >= 15 is 0 Å². The van der Waals surface area contributed by atoms with E-state index < -0.39 is 0 Å². The highest BCUT2D eigenvalue weighted by molar-refractivity contribution is 5.88. The Labute approximate surface area is 85.5 Å². The Morgan fingerprint density at radius 3 is 2.79 bits per heavy atom. The van der Waals surface area contributed by atoms with Crippen molar-refractivity contribution in [3.8, 4) is 0 Å². The highest BCUT2D eigenvalue weighted by Crippen LogP contribution is 2.25. The normalized spacial score (nSPS) is 16.1. The van der Waals surface area contributed by atoms with E-state index in [4.69, 9.17) is 4.74 Å². The summed E-state index contributed by atoms with van der Waals surface area (Å²) in [7, 11) is 0. The molecule has 0 aliphatic heterocycles. The molecule has 1 fully saturated rings. The second kappa shape index (κ2) is 5.81. The number of hydrogen-bond donors (Lipinski definition) is 1. The summed E-state index contributed by atoms with van der Waals surface area (Å²) >= 11 is 0. The van der Waals surface area contributed by atoms with Crippen LogP contribution in [-0.4, -0.2) is 25.7 Å². The first kappa shape index (κ1) is 11.2. The van der Waals surface area contributed by atoms with Crippen molar-refractivity contribution < 1.29 is 9.53 Å². The van der Waals surface area contributed by atoms with E-state index in [1.54, 1.807) is 6.92 Å². The van der Waals surface area contributed by atoms with Crippen molar-refractivity contribution in [3.05, 3.63) is 12.2 Å². The van der Waals surface area contributed by atoms with Crippen LogP contribution in [0.5, 0.6) is 0 Å². The first-order chi connectivity index (χ1) is 6.74. The Balaban J connectivity index is 2.04. The summed E-state index contributed by atoms with van der Waals surface area (Å²) in [6.45, 7) is 7.44. The lowest BCUT2D eigenvalue weighted by Crippen LogP contribution is -2.30. The van der Waals surface area contributed by atoms with E-state index in [0.717, 1.165) is 12.5 Å². The van der Waals surface area contributed by atoms with Crippen molar-refractivity contribution in [2.24, 2.45) is 5.92 Å². The highest BCUT2D eigenvalue weighted by atomic mass is 16.5. The zero-order valence-electron chi connectivity index (χ0n) is 8.84. The van der Waals surface area contributed by atoms with Crippen molar-refractivity contribution in [3.63, 3.8) is 0 Å². The molecule has 1 aliphatic rings. The minimum Gasteiger partial charge on any atom is -0.463 e. The van der Waals surface area contributed by atoms with Crippen LogP contribution in [0.25, 0.3) is 0 Å². The third kappa shape index (κ3) is 3.50. The predicted molar refractivity (Wildman–Crippen MR) is 56.0 cm³/mol. The lowest BCUT2D eigenvalue weighted by molar-refractivity contribution is -0.138. The molecule has 80 valence electrons. The molecule has 3 heteroatoms. The van der Waals surface area contributed by atoms with E-state index in [-0.39, 0.29) is 5.97 Å². The first-order valence-corrected chi connectivity index (χ1v) is 5.29. The van der Waals surface area contributed by atoms with Crippen LogP contribution in [0.15, 0.2) is 12.2 Å². The number of carbonyl (C=O) groups excluding carboxylic acids is 1. The van der Waals surface area contributed by atoms with Crippen LogP contribution in [0, 0.1) is 5.92 Å². The van der Waals surface area contributed by atoms with E-state index in [1.807, 2.05) is 0 Å². The molecule has 0 aromatic carbocycles. The molecule has 1 aliphatic carbocycles. The monoisotopic (exact) mass is 197 g/mol. The molecule has 1 N–H and O–H groups in total. The minimum absolute atomic E-state index is 0.284. The second-order valence-electron chi connectivity index (χ2n) is 3.75. The van der Waals surface area contributed by atoms with Gasteiger partial charge in [0, 0.05) is 12.1 Å². The van der Waals surface area contributed by atoms with Crippen molar-refractivity contribution >= 4 is 5.97 Å². The van der Waals surface area contributed by atoms with Gasteiger partial charge in [-0.3, -0.25) is 0 Å². The quantitative estimate of drug-likeness (QED) is 0.518. The number of nitrogens with one attached hydrogen (secondary N) is 1. The Hall–Kier alpha value is -0.830. The van der Waals surface area contributed by atoms with Crippen LogP contribution in [0.2, 0.25) is 0 Å². The number of hydrogen-bond acceptors (Lipinski definition) is 3. The number of esters is 1. The van der Waals surface area contributed by atoms with Crippen LogP contribution >= 0.6 is 0 Å². The Morgan fingerprint density at radius 2 is 2.29 bits per heavy atom. The fourth-order valence-corrected chi connectivity index (χ4v) is 1.43. The third-order valence-electron chi connectivity index (χ3n) is 2.56. The minimum atomic E-state index is -0.284. The topological polar surface area (TPSA) is 38.3 Å². The van der Waals surface area contributed by atoms with E-state index in [1.165, 1.54) is 19.3 Å². The molecule has 14 heavy (non-hydrogen) atoms. The molecule has 0 atom stereocenters. The van der Waals surface area contributed by atoms with Gasteiger partial charge in [-0.1, -0.05) is 13.0 Å². The van der Waals surface area contributed by atoms with E-state index in [9.17, 15) is 4.79 Å². The van der Waals surface area contributed by atoms with Gasteiger partial charge < -0.3 is 10.1 Å². The molecule has 0 spiro atoms. The molecule has 0 bridgehead atoms. The van der Waals surface area contributed by atoms with Gasteiger partial charge in [0.15, 0.2) is 0 Å². The standard InChI is InChI=1S/C11H19NO2/c1-3-14-11(13)9(2)7-12-8-10-5-4-6-10/h10,12H,2-8H2,1H3. The van der Waals surface area contributed by atoms with Crippen LogP contribution < -0.4 is 5.32 Å². The molecule has 0 aromatic heterocycles. The van der Waals surface area contributed by atoms with Crippen molar-refractivity contribution in [2.75, 3.05) is 19.7 Å². The number of carbonyl (C=O) groups is 1. The molecule has 1 rings (SSSR count). The Bertz CT molecular complexity index is 209. The fraction of sp³-hybridized carbons (Fsp3) is 0.727. The summed E-state index contributed by atoms with van der Waals surface area (Å²) in [6, 6.07) is 0. The maximum Gasteiger partial charge on any atom is 0.334 e. The van der Waals surface area contributed by atoms with Gasteiger partial charge in [-0.15, -0.1) is 0 Å². The molecule has 0 saturated heterocycles. The van der Waals surface area contributed by atoms with Crippen LogP contribution in [0.3, 0.4) is 0 Å². The van der Waals surface area contributed by atoms with Gasteiger partial charge in [0.05, 0.1) is 6.61 Å². The SMILES string of the molecule is C=C(CNCC1CCC1)C(=O)OCC. The van der Waals surface area contributed by atoms with Gasteiger partial charge >= 0.3 is 5.97 Å². The molecule has 0 amide bonds. The smallest absolute Gasteiger partial charge is 0.334 e. The summed E-state index contributed by atoms with van der Waals surface area (Å²) in [6.07, 6.45) is 3.99. The molecule has 0 aromatic rings. The molecule has 0 unspecified atom stereocenters. The van der Waals surface area contributed by atoms with E-state index in [2.05, 4.69) is 11.9 Å². The van der Waals surface area contributed by atoms with Crippen LogP contribution in [0.4, 0.5) is 0 Å². The lowest BCUT2D eigenvalue weighted by atomic mass is 9.85. The maximum atomic E-state index is 11.1. The van der Waals surface area contributed by atoms with E-state index in [0.29, 0.717) is 18.7 Å². The molecule has 0 radical (unpaired) electrons. The number of rotatable bonds is 6. The first-order valence-electron chi connectivity index (χ1n) is 5.29. The van der Waals surface area contributed by atoms with Gasteiger partial charge in [0.25, 0.3) is 0 Å². The van der Waals surface area contributed by atoms with Gasteiger partial charge in [0.2, 0.25) is 0 Å². The van der Waals surface area contributed by atoms with Crippen LogP contribution in [0.1, 0.15) is 26.2 Å². The summed E-state index contributed by atoms with van der Waals surface area (Å²) in [5.74, 6) is 0.526. The van der Waals surface area contributed by atoms with Crippen molar-refractivity contribution in [1.29, 1.82) is 0 Å². The molecular weight excluding hydrogens is 178 g/mol. The average Bonchev–Trinajstić information content (AvgIpc) is 2.09. The number of ether oxygens (including phenoxy) is 1. The lowest BCUT2D eigenvalue weighted by Gasteiger charge is -2.25. The predicted octanol–water partition coefficient (Wildman–Crippen LogP) is 1.50. The Morgan fingerprint density at radius 1 is 1.57 bits per heavy atom. The van der Waals surface area contributed by atoms with Gasteiger partial charge in [-0.25, -0.2) is 4.79 Å². The summed E-state index contributed by atoms with van der Waals surface area (Å²) in [5, 5.41) is 3.23. The molecule has 1 saturated carbocycles. The van der Waals surface area contributed by atoms with Crippen molar-refractivity contribution in [2.45, 2.75) is 26.2 Å². The molecular formula is C11H19NO2. The average molecular weight is 197 g/mol. The van der Waals surface area contributed by atoms with Crippen LogP contribution in [-0.2, 0) is 9.53 Å². The summed E-state index contributed by atoms with van der Waals surface area (Å²) < 4.78 is 4.82. The summed E-state index contributed by atoms with van der Waals surface area (Å²) in [4.78, 5) is 11.1. The van der Waals surface area contributed by atoms with Gasteiger partial charge in [-0.05, 0) is 32.2 Å². The van der Waals surface area contributed by atoms with Gasteiger partial charge in [-0.2, -0.15) is 0 Å². The van der Waals surface area contributed by atoms with Crippen molar-refractivity contribution in [1.82, 2.24) is 5.32 Å². The molecule has 3 nitrogen and oxygen atoms in total. The second-order valence-corrected chi connectivity index (χ2v) is 3.75. The zero-order chi connectivity index (χ0) is 10.4. The fourth-order valence-electron chi connectivity index (χ4n) is 1.43. The Kier molecular flexibility index (Phi) is 4.66. The summed E-state index contributed by atoms with van der Waals surface area (Å²) in [5.41, 5.74) is 0.520. The zero-order valence-corrected chi connectivity index (χ0v) is 8.84. The molecule has 0 heterocycles. The third-order valence-corrected chi connectivity index (χ3v) is 2.56. The maximum absolute atomic E-state index is 11.1. The van der Waals surface area contributed by atoms with Gasteiger partial charge in [0.1, 0.15) is 0 Å². The highest BCUT2D eigenvalue weighted by Gasteiger charge is 2.17.